The molecule has 0 fully saturated rings. The summed E-state index contributed by atoms with van der Waals surface area (Å²) in [6, 6.07) is 13.8. The monoisotopic (exact) mass is 307 g/mol. The number of nitrogens with zero attached hydrogens (tertiary/aromatic N) is 1. The van der Waals surface area contributed by atoms with Gasteiger partial charge >= 0.3 is 0 Å². The lowest BCUT2D eigenvalue weighted by atomic mass is 9.95. The molecule has 2 aromatic carbocycles. The number of hydrogen-bond acceptors (Lipinski definition) is 3. The van der Waals surface area contributed by atoms with E-state index in [1.54, 1.807) is 14.2 Å². The first-order valence-electron chi connectivity index (χ1n) is 7.60. The smallest absolute Gasteiger partial charge is 0.259 e. The Morgan fingerprint density at radius 1 is 0.957 bits per heavy atom. The van der Waals surface area contributed by atoms with E-state index in [0.29, 0.717) is 17.7 Å². The highest BCUT2D eigenvalue weighted by molar-refractivity contribution is 5.87. The second kappa shape index (κ2) is 5.16. The Morgan fingerprint density at radius 3 is 2.48 bits per heavy atom. The minimum Gasteiger partial charge on any atom is -0.497 e. The second-order valence-electron chi connectivity index (χ2n) is 5.71. The van der Waals surface area contributed by atoms with Crippen LogP contribution in [0.4, 0.5) is 0 Å². The number of hydrogen-bond donors (Lipinski definition) is 0. The average molecular weight is 307 g/mol. The molecule has 0 aliphatic carbocycles. The first-order valence-corrected chi connectivity index (χ1v) is 7.60. The molecule has 3 aromatic rings. The molecule has 23 heavy (non-hydrogen) atoms. The molecule has 0 unspecified atom stereocenters. The minimum atomic E-state index is 0.0397. The zero-order chi connectivity index (χ0) is 16.0. The van der Waals surface area contributed by atoms with E-state index in [4.69, 9.17) is 9.47 Å². The number of pyridine rings is 1. The van der Waals surface area contributed by atoms with Crippen LogP contribution in [0.15, 0.2) is 47.3 Å². The number of aromatic nitrogens is 1. The number of ether oxygens (including phenoxy) is 2. The molecule has 0 atom stereocenters. The van der Waals surface area contributed by atoms with Crippen LogP contribution in [0.3, 0.4) is 0 Å². The first-order chi connectivity index (χ1) is 11.2. The molecule has 4 nitrogen and oxygen atoms in total. The lowest BCUT2D eigenvalue weighted by molar-refractivity contribution is 0.414. The molecule has 2 heterocycles. The molecule has 0 spiro atoms. The third-order valence-electron chi connectivity index (χ3n) is 4.51. The fourth-order valence-corrected chi connectivity index (χ4v) is 3.28. The van der Waals surface area contributed by atoms with Crippen molar-refractivity contribution in [1.29, 1.82) is 0 Å². The fourth-order valence-electron chi connectivity index (χ4n) is 3.28. The summed E-state index contributed by atoms with van der Waals surface area (Å²) in [6.45, 7) is 0.682. The Hall–Kier alpha value is -2.75. The van der Waals surface area contributed by atoms with E-state index in [1.807, 2.05) is 34.9 Å². The average Bonchev–Trinajstić information content (AvgIpc) is 2.61. The lowest BCUT2D eigenvalue weighted by Gasteiger charge is -2.23. The largest absolute Gasteiger partial charge is 0.497 e. The van der Waals surface area contributed by atoms with Gasteiger partial charge in [-0.2, -0.15) is 0 Å². The molecule has 1 aromatic heterocycles. The summed E-state index contributed by atoms with van der Waals surface area (Å²) in [5.41, 5.74) is 3.33. The van der Waals surface area contributed by atoms with Gasteiger partial charge in [0.15, 0.2) is 0 Å². The molecule has 116 valence electrons. The second-order valence-corrected chi connectivity index (χ2v) is 5.71. The Morgan fingerprint density at radius 2 is 1.70 bits per heavy atom. The summed E-state index contributed by atoms with van der Waals surface area (Å²) >= 11 is 0. The van der Waals surface area contributed by atoms with Crippen molar-refractivity contribution in [2.45, 2.75) is 13.0 Å². The zero-order valence-corrected chi connectivity index (χ0v) is 13.1. The quantitative estimate of drug-likeness (QED) is 0.730. The van der Waals surface area contributed by atoms with Crippen molar-refractivity contribution >= 4 is 10.8 Å². The molecule has 0 N–H and O–H groups in total. The van der Waals surface area contributed by atoms with Crippen molar-refractivity contribution in [1.82, 2.24) is 4.57 Å². The molecule has 0 amide bonds. The van der Waals surface area contributed by atoms with Crippen molar-refractivity contribution in [2.75, 3.05) is 14.2 Å². The maximum Gasteiger partial charge on any atom is 0.259 e. The van der Waals surface area contributed by atoms with E-state index in [0.717, 1.165) is 28.8 Å². The van der Waals surface area contributed by atoms with Crippen LogP contribution in [0, 0.1) is 0 Å². The van der Waals surface area contributed by atoms with Crippen LogP contribution in [0.1, 0.15) is 5.56 Å². The van der Waals surface area contributed by atoms with Gasteiger partial charge in [0.2, 0.25) is 0 Å². The van der Waals surface area contributed by atoms with Crippen LogP contribution < -0.4 is 15.0 Å². The highest BCUT2D eigenvalue weighted by Crippen LogP contribution is 2.33. The van der Waals surface area contributed by atoms with Gasteiger partial charge in [0.25, 0.3) is 5.56 Å². The third-order valence-corrected chi connectivity index (χ3v) is 4.51. The van der Waals surface area contributed by atoms with Crippen LogP contribution in [0.2, 0.25) is 0 Å². The minimum absolute atomic E-state index is 0.0397. The van der Waals surface area contributed by atoms with Gasteiger partial charge in [0.1, 0.15) is 11.5 Å². The molecular formula is C19H17NO3. The molecule has 0 saturated heterocycles. The van der Waals surface area contributed by atoms with Crippen LogP contribution >= 0.6 is 0 Å². The predicted molar refractivity (Wildman–Crippen MR) is 90.5 cm³/mol. The normalized spacial score (nSPS) is 12.6. The molecule has 4 rings (SSSR count). The van der Waals surface area contributed by atoms with Crippen molar-refractivity contribution in [3.8, 4) is 22.8 Å². The molecule has 0 radical (unpaired) electrons. The van der Waals surface area contributed by atoms with Gasteiger partial charge in [0, 0.05) is 12.1 Å². The van der Waals surface area contributed by atoms with Gasteiger partial charge in [-0.3, -0.25) is 4.79 Å². The van der Waals surface area contributed by atoms with Crippen LogP contribution in [-0.4, -0.2) is 18.8 Å². The summed E-state index contributed by atoms with van der Waals surface area (Å²) in [5, 5.41) is 1.63. The van der Waals surface area contributed by atoms with Crippen LogP contribution in [-0.2, 0) is 13.0 Å². The van der Waals surface area contributed by atoms with Gasteiger partial charge in [0.05, 0.1) is 25.3 Å². The summed E-state index contributed by atoms with van der Waals surface area (Å²) in [5.74, 6) is 1.56. The van der Waals surface area contributed by atoms with E-state index in [-0.39, 0.29) is 5.56 Å². The van der Waals surface area contributed by atoms with Gasteiger partial charge in [-0.05, 0) is 53.8 Å². The van der Waals surface area contributed by atoms with Crippen molar-refractivity contribution in [3.05, 3.63) is 58.4 Å². The topological polar surface area (TPSA) is 40.5 Å². The molecule has 4 heteroatoms. The maximum absolute atomic E-state index is 12.9. The Bertz CT molecular complexity index is 972. The Kier molecular flexibility index (Phi) is 3.11. The maximum atomic E-state index is 12.9. The van der Waals surface area contributed by atoms with Gasteiger partial charge in [-0.25, -0.2) is 0 Å². The zero-order valence-electron chi connectivity index (χ0n) is 13.1. The molecular weight excluding hydrogens is 290 g/mol. The molecule has 1 aliphatic heterocycles. The van der Waals surface area contributed by atoms with Crippen LogP contribution in [0.5, 0.6) is 11.5 Å². The standard InChI is InChI=1S/C19H17NO3/c1-22-14-5-6-16-13(9-14)7-8-20-18(16)10-12-3-4-15(23-2)11-17(12)19(20)21/h3-6,9-11H,7-8H2,1-2H3. The first kappa shape index (κ1) is 13.9. The van der Waals surface area contributed by atoms with E-state index >= 15 is 0 Å². The molecule has 0 saturated carbocycles. The number of rotatable bonds is 2. The van der Waals surface area contributed by atoms with E-state index in [2.05, 4.69) is 12.1 Å². The predicted octanol–water partition coefficient (Wildman–Crippen LogP) is 3.24. The number of aryl methyl sites for hydroxylation is 1. The van der Waals surface area contributed by atoms with Gasteiger partial charge in [-0.15, -0.1) is 0 Å². The third kappa shape index (κ3) is 2.10. The highest BCUT2D eigenvalue weighted by atomic mass is 16.5. The summed E-state index contributed by atoms with van der Waals surface area (Å²) in [7, 11) is 3.28. The van der Waals surface area contributed by atoms with Gasteiger partial charge < -0.3 is 14.0 Å². The fraction of sp³-hybridized carbons (Fsp3) is 0.211. The number of fused-ring (bicyclic) bond motifs is 4. The SMILES string of the molecule is COc1ccc2c(c1)CCn1c-2cc2ccc(OC)cc2c1=O. The van der Waals surface area contributed by atoms with Crippen molar-refractivity contribution < 1.29 is 9.47 Å². The van der Waals surface area contributed by atoms with Crippen molar-refractivity contribution in [2.24, 2.45) is 0 Å². The summed E-state index contributed by atoms with van der Waals surface area (Å²) in [6.07, 6.45) is 0.828. The van der Waals surface area contributed by atoms with E-state index in [9.17, 15) is 4.79 Å². The van der Waals surface area contributed by atoms with Crippen LogP contribution in [0.25, 0.3) is 22.0 Å². The molecule has 0 bridgehead atoms. The Balaban J connectivity index is 1.99. The molecule has 1 aliphatic rings. The van der Waals surface area contributed by atoms with E-state index < -0.39 is 0 Å². The Labute approximate surface area is 133 Å². The lowest BCUT2D eigenvalue weighted by Crippen LogP contribution is -2.26. The summed E-state index contributed by atoms with van der Waals surface area (Å²) in [4.78, 5) is 12.9. The van der Waals surface area contributed by atoms with Gasteiger partial charge in [-0.1, -0.05) is 6.07 Å². The van der Waals surface area contributed by atoms with Crippen molar-refractivity contribution in [3.63, 3.8) is 0 Å². The number of benzene rings is 2. The summed E-state index contributed by atoms with van der Waals surface area (Å²) < 4.78 is 12.4. The highest BCUT2D eigenvalue weighted by Gasteiger charge is 2.19. The van der Waals surface area contributed by atoms with E-state index in [1.165, 1.54) is 5.56 Å². The number of methoxy groups -OCH3 is 2.